The van der Waals surface area contributed by atoms with Crippen LogP contribution in [-0.2, 0) is 0 Å². The summed E-state index contributed by atoms with van der Waals surface area (Å²) in [5.74, 6) is 1.58. The predicted molar refractivity (Wildman–Crippen MR) is 134 cm³/mol. The molecular formula is C28H21N5O2. The number of hydrogen-bond donors (Lipinski definition) is 1. The zero-order valence-electron chi connectivity index (χ0n) is 19.2. The van der Waals surface area contributed by atoms with Crippen molar-refractivity contribution >= 4 is 22.6 Å². The lowest BCUT2D eigenvalue weighted by atomic mass is 10.1. The first kappa shape index (κ1) is 21.9. The molecule has 0 atom stereocenters. The van der Waals surface area contributed by atoms with Gasteiger partial charge < -0.3 is 10.1 Å². The first-order valence-corrected chi connectivity index (χ1v) is 11.0. The number of fused-ring (bicyclic) bond motifs is 1. The number of aryl methyl sites for hydroxylation is 2. The maximum atomic E-state index is 13.2. The number of ether oxygens (including phenoxy) is 1. The summed E-state index contributed by atoms with van der Waals surface area (Å²) in [6, 6.07) is 26.2. The van der Waals surface area contributed by atoms with Crippen LogP contribution < -0.4 is 10.1 Å². The minimum atomic E-state index is -0.393. The van der Waals surface area contributed by atoms with Gasteiger partial charge in [0.25, 0.3) is 5.91 Å². The van der Waals surface area contributed by atoms with Gasteiger partial charge in [-0.05, 0) is 61.4 Å². The van der Waals surface area contributed by atoms with Gasteiger partial charge in [0.05, 0.1) is 11.7 Å². The fourth-order valence-corrected chi connectivity index (χ4v) is 3.88. The van der Waals surface area contributed by atoms with E-state index >= 15 is 0 Å². The topological polar surface area (TPSA) is 92.8 Å². The Morgan fingerprint density at radius 1 is 0.943 bits per heavy atom. The number of pyridine rings is 1. The van der Waals surface area contributed by atoms with Crippen molar-refractivity contribution in [1.29, 1.82) is 5.26 Å². The Morgan fingerprint density at radius 2 is 1.71 bits per heavy atom. The maximum Gasteiger partial charge on any atom is 0.256 e. The number of carbonyl (C=O) groups excluding carboxylic acids is 1. The first-order chi connectivity index (χ1) is 17.0. The summed E-state index contributed by atoms with van der Waals surface area (Å²) in [5, 5.41) is 17.9. The van der Waals surface area contributed by atoms with Crippen molar-refractivity contribution in [3.8, 4) is 23.4 Å². The van der Waals surface area contributed by atoms with Crippen molar-refractivity contribution in [3.05, 3.63) is 107 Å². The van der Waals surface area contributed by atoms with E-state index in [0.717, 1.165) is 22.0 Å². The fraction of sp³-hybridized carbons (Fsp3) is 0.0714. The Labute approximate surface area is 202 Å². The maximum absolute atomic E-state index is 13.2. The van der Waals surface area contributed by atoms with Crippen LogP contribution in [0.1, 0.15) is 27.0 Å². The zero-order valence-corrected chi connectivity index (χ0v) is 19.2. The Hall–Kier alpha value is -4.96. The van der Waals surface area contributed by atoms with Crippen LogP contribution >= 0.6 is 0 Å². The van der Waals surface area contributed by atoms with E-state index < -0.39 is 5.91 Å². The number of anilines is 1. The number of nitrogens with zero attached hydrogens (tertiary/aromatic N) is 4. The molecule has 0 saturated carbocycles. The number of para-hydroxylation sites is 2. The lowest BCUT2D eigenvalue weighted by Crippen LogP contribution is -2.16. The Bertz CT molecular complexity index is 1600. The summed E-state index contributed by atoms with van der Waals surface area (Å²) in [7, 11) is 0. The number of amides is 1. The third-order valence-corrected chi connectivity index (χ3v) is 5.65. The van der Waals surface area contributed by atoms with Crippen LogP contribution in [0.2, 0.25) is 0 Å². The molecule has 2 heterocycles. The molecule has 5 rings (SSSR count). The highest BCUT2D eigenvalue weighted by Crippen LogP contribution is 2.26. The summed E-state index contributed by atoms with van der Waals surface area (Å²) < 4.78 is 7.33. The van der Waals surface area contributed by atoms with Gasteiger partial charge in [0, 0.05) is 10.9 Å². The molecule has 2 aromatic heterocycles. The molecule has 7 heteroatoms. The Morgan fingerprint density at radius 3 is 2.51 bits per heavy atom. The van der Waals surface area contributed by atoms with E-state index in [-0.39, 0.29) is 11.4 Å². The quantitative estimate of drug-likeness (QED) is 0.350. The molecule has 7 nitrogen and oxygen atoms in total. The molecule has 5 aromatic rings. The third kappa shape index (κ3) is 4.33. The van der Waals surface area contributed by atoms with E-state index in [4.69, 9.17) is 9.72 Å². The van der Waals surface area contributed by atoms with Crippen molar-refractivity contribution in [3.63, 3.8) is 0 Å². The molecule has 0 aliphatic rings. The molecule has 0 aliphatic carbocycles. The normalized spacial score (nSPS) is 10.7. The minimum Gasteiger partial charge on any atom is -0.457 e. The molecule has 1 N–H and O–H groups in total. The summed E-state index contributed by atoms with van der Waals surface area (Å²) in [6.45, 7) is 3.99. The molecule has 0 bridgehead atoms. The zero-order chi connectivity index (χ0) is 24.4. The van der Waals surface area contributed by atoms with Crippen molar-refractivity contribution in [1.82, 2.24) is 14.8 Å². The van der Waals surface area contributed by atoms with Crippen LogP contribution in [0.5, 0.6) is 11.5 Å². The van der Waals surface area contributed by atoms with E-state index in [1.165, 1.54) is 10.9 Å². The summed E-state index contributed by atoms with van der Waals surface area (Å²) in [4.78, 5) is 17.9. The number of aromatic nitrogens is 3. The molecule has 0 unspecified atom stereocenters. The van der Waals surface area contributed by atoms with Crippen molar-refractivity contribution in [2.24, 2.45) is 0 Å². The molecule has 1 amide bonds. The van der Waals surface area contributed by atoms with E-state index in [1.807, 2.05) is 68.4 Å². The van der Waals surface area contributed by atoms with Crippen molar-refractivity contribution in [2.45, 2.75) is 13.8 Å². The second kappa shape index (κ2) is 9.12. The number of rotatable bonds is 5. The van der Waals surface area contributed by atoms with E-state index in [2.05, 4.69) is 16.5 Å². The molecule has 0 spiro atoms. The van der Waals surface area contributed by atoms with Crippen LogP contribution in [-0.4, -0.2) is 20.7 Å². The van der Waals surface area contributed by atoms with Crippen LogP contribution in [0.3, 0.4) is 0 Å². The first-order valence-electron chi connectivity index (χ1n) is 11.0. The smallest absolute Gasteiger partial charge is 0.256 e. The number of carbonyl (C=O) groups is 1. The lowest BCUT2D eigenvalue weighted by molar-refractivity contribution is 0.102. The molecule has 0 fully saturated rings. The fourth-order valence-electron chi connectivity index (χ4n) is 3.88. The largest absolute Gasteiger partial charge is 0.457 e. The number of hydrogen-bond acceptors (Lipinski definition) is 5. The molecular weight excluding hydrogens is 438 g/mol. The van der Waals surface area contributed by atoms with Gasteiger partial charge in [-0.25, -0.2) is 4.98 Å². The van der Waals surface area contributed by atoms with E-state index in [1.54, 1.807) is 24.3 Å². The molecule has 0 aliphatic heterocycles. The number of benzene rings is 3. The number of nitrogens with one attached hydrogen (secondary N) is 1. The van der Waals surface area contributed by atoms with Gasteiger partial charge in [0.2, 0.25) is 0 Å². The van der Waals surface area contributed by atoms with Crippen LogP contribution in [0.25, 0.3) is 16.7 Å². The average molecular weight is 460 g/mol. The van der Waals surface area contributed by atoms with Crippen LogP contribution in [0, 0.1) is 25.2 Å². The summed E-state index contributed by atoms with van der Waals surface area (Å²) >= 11 is 0. The van der Waals surface area contributed by atoms with Crippen LogP contribution in [0.4, 0.5) is 5.82 Å². The molecule has 3 aromatic carbocycles. The highest BCUT2D eigenvalue weighted by Gasteiger charge is 2.18. The van der Waals surface area contributed by atoms with Gasteiger partial charge in [-0.3, -0.25) is 4.79 Å². The van der Waals surface area contributed by atoms with Gasteiger partial charge in [0.1, 0.15) is 23.1 Å². The second-order valence-electron chi connectivity index (χ2n) is 8.10. The Kier molecular flexibility index (Phi) is 5.70. The van der Waals surface area contributed by atoms with E-state index in [9.17, 15) is 10.1 Å². The van der Waals surface area contributed by atoms with Gasteiger partial charge >= 0.3 is 0 Å². The minimum absolute atomic E-state index is 0.236. The third-order valence-electron chi connectivity index (χ3n) is 5.65. The lowest BCUT2D eigenvalue weighted by Gasteiger charge is -2.12. The van der Waals surface area contributed by atoms with Crippen molar-refractivity contribution < 1.29 is 9.53 Å². The monoisotopic (exact) mass is 459 g/mol. The Balaban J connectivity index is 1.49. The predicted octanol–water partition coefficient (Wildman–Crippen LogP) is 5.95. The van der Waals surface area contributed by atoms with Crippen LogP contribution in [0.15, 0.2) is 85.1 Å². The average Bonchev–Trinajstić information content (AvgIpc) is 3.28. The SMILES string of the molecule is Cc1cc(-n2ncc(C#N)c2NC(=O)c2cccc(Oc3ccccc3)c2)nc2c(C)cccc12. The van der Waals surface area contributed by atoms with Gasteiger partial charge in [-0.15, -0.1) is 0 Å². The highest BCUT2D eigenvalue weighted by atomic mass is 16.5. The molecule has 35 heavy (non-hydrogen) atoms. The highest BCUT2D eigenvalue weighted by molar-refractivity contribution is 6.04. The van der Waals surface area contributed by atoms with Crippen molar-refractivity contribution in [2.75, 3.05) is 5.32 Å². The summed E-state index contributed by atoms with van der Waals surface area (Å²) in [6.07, 6.45) is 1.42. The standard InChI is InChI=1S/C28H21N5O2/c1-18-8-6-13-24-19(2)14-25(31-26(18)24)33-27(21(16-29)17-30-33)32-28(34)20-9-7-12-23(15-20)35-22-10-4-3-5-11-22/h3-15,17H,1-2H3,(H,32,34). The van der Waals surface area contributed by atoms with Gasteiger partial charge in [-0.2, -0.15) is 15.0 Å². The van der Waals surface area contributed by atoms with Gasteiger partial charge in [0.15, 0.2) is 11.6 Å². The van der Waals surface area contributed by atoms with Gasteiger partial charge in [-0.1, -0.05) is 42.5 Å². The van der Waals surface area contributed by atoms with E-state index in [0.29, 0.717) is 22.9 Å². The number of nitriles is 1. The second-order valence-corrected chi connectivity index (χ2v) is 8.10. The summed E-state index contributed by atoms with van der Waals surface area (Å²) in [5.41, 5.74) is 3.51. The molecule has 0 saturated heterocycles. The molecule has 0 radical (unpaired) electrons. The molecule has 170 valence electrons.